The maximum atomic E-state index is 12.3. The summed E-state index contributed by atoms with van der Waals surface area (Å²) in [4.78, 5) is 12.3. The fourth-order valence-electron chi connectivity index (χ4n) is 4.24. The molecule has 0 unspecified atom stereocenters. The van der Waals surface area contributed by atoms with Crippen LogP contribution in [-0.2, 0) is 9.53 Å². The quantitative estimate of drug-likeness (QED) is 0.614. The van der Waals surface area contributed by atoms with Gasteiger partial charge in [0, 0.05) is 17.9 Å². The molecule has 0 N–H and O–H groups in total. The highest BCUT2D eigenvalue weighted by atomic mass is 16.5. The summed E-state index contributed by atoms with van der Waals surface area (Å²) in [7, 11) is 0. The molecule has 0 aromatic heterocycles. The highest BCUT2D eigenvalue weighted by Crippen LogP contribution is 2.46. The van der Waals surface area contributed by atoms with E-state index in [1.165, 1.54) is 18.5 Å². The first-order valence-corrected chi connectivity index (χ1v) is 8.23. The number of quaternary nitrogens is 1. The third-order valence-electron chi connectivity index (χ3n) is 5.53. The third-order valence-corrected chi connectivity index (χ3v) is 5.53. The highest BCUT2D eigenvalue weighted by Gasteiger charge is 2.56. The molecule has 2 aliphatic rings. The second-order valence-electron chi connectivity index (χ2n) is 6.72. The molecule has 2 aliphatic heterocycles. The van der Waals surface area contributed by atoms with E-state index in [-0.39, 0.29) is 11.9 Å². The van der Waals surface area contributed by atoms with Gasteiger partial charge in [-0.15, -0.1) is 0 Å². The van der Waals surface area contributed by atoms with Crippen LogP contribution in [0.25, 0.3) is 0 Å². The standard InChI is InChI=1S/C18H26NO2/c1-3-11-21-18(20)17-13-19(10-9-16(17)12-19)14(2)15-7-5-4-6-8-15/h4-8,14,16-17H,3,9-13H2,1-2H3/q+1/t14-,16+,17-,19+/m1/s1. The molecule has 4 atom stereocenters. The lowest BCUT2D eigenvalue weighted by Crippen LogP contribution is -2.48. The van der Waals surface area contributed by atoms with Crippen LogP contribution in [-0.4, -0.2) is 36.7 Å². The smallest absolute Gasteiger partial charge is 0.315 e. The second-order valence-corrected chi connectivity index (χ2v) is 6.72. The first-order chi connectivity index (χ1) is 10.2. The van der Waals surface area contributed by atoms with E-state index in [2.05, 4.69) is 37.3 Å². The number of hydrogen-bond donors (Lipinski definition) is 0. The predicted molar refractivity (Wildman–Crippen MR) is 82.6 cm³/mol. The van der Waals surface area contributed by atoms with Gasteiger partial charge in [-0.2, -0.15) is 0 Å². The highest BCUT2D eigenvalue weighted by molar-refractivity contribution is 5.73. The van der Waals surface area contributed by atoms with Crippen molar-refractivity contribution in [3.63, 3.8) is 0 Å². The molecule has 0 saturated carbocycles. The van der Waals surface area contributed by atoms with Crippen LogP contribution in [0.3, 0.4) is 0 Å². The molecule has 0 radical (unpaired) electrons. The molecule has 3 nitrogen and oxygen atoms in total. The minimum absolute atomic E-state index is 0.0433. The molecule has 1 aromatic carbocycles. The van der Waals surface area contributed by atoms with Crippen LogP contribution in [0.1, 0.15) is 38.3 Å². The molecule has 0 spiro atoms. The average Bonchev–Trinajstić information content (AvgIpc) is 3.12. The first-order valence-electron chi connectivity index (χ1n) is 8.23. The van der Waals surface area contributed by atoms with Crippen LogP contribution < -0.4 is 0 Å². The van der Waals surface area contributed by atoms with Gasteiger partial charge >= 0.3 is 5.97 Å². The van der Waals surface area contributed by atoms with Crippen LogP contribution in [0.4, 0.5) is 0 Å². The van der Waals surface area contributed by atoms with E-state index in [1.54, 1.807) is 0 Å². The van der Waals surface area contributed by atoms with Gasteiger partial charge in [0.05, 0.1) is 26.2 Å². The Morgan fingerprint density at radius 2 is 2.10 bits per heavy atom. The van der Waals surface area contributed by atoms with E-state index in [1.807, 2.05) is 6.92 Å². The Balaban J connectivity index is 1.74. The van der Waals surface area contributed by atoms with Gasteiger partial charge in [0.2, 0.25) is 0 Å². The molecule has 3 rings (SSSR count). The summed E-state index contributed by atoms with van der Waals surface area (Å²) >= 11 is 0. The topological polar surface area (TPSA) is 26.3 Å². The summed E-state index contributed by atoms with van der Waals surface area (Å²) in [6, 6.07) is 11.2. The van der Waals surface area contributed by atoms with Crippen LogP contribution in [0.5, 0.6) is 0 Å². The van der Waals surface area contributed by atoms with Crippen molar-refractivity contribution in [3.05, 3.63) is 35.9 Å². The van der Waals surface area contributed by atoms with Crippen molar-refractivity contribution in [2.75, 3.05) is 26.2 Å². The number of carbonyl (C=O) groups is 1. The predicted octanol–water partition coefficient (Wildman–Crippen LogP) is 3.17. The molecule has 2 fully saturated rings. The average molecular weight is 288 g/mol. The van der Waals surface area contributed by atoms with E-state index in [0.29, 0.717) is 18.6 Å². The maximum absolute atomic E-state index is 12.3. The molecule has 0 amide bonds. The molecule has 21 heavy (non-hydrogen) atoms. The fourth-order valence-corrected chi connectivity index (χ4v) is 4.24. The monoisotopic (exact) mass is 288 g/mol. The zero-order chi connectivity index (χ0) is 14.9. The van der Waals surface area contributed by atoms with Crippen LogP contribution in [0.2, 0.25) is 0 Å². The number of piperidine rings is 1. The van der Waals surface area contributed by atoms with Crippen molar-refractivity contribution in [2.24, 2.45) is 11.8 Å². The molecule has 114 valence electrons. The summed E-state index contributed by atoms with van der Waals surface area (Å²) < 4.78 is 6.48. The lowest BCUT2D eigenvalue weighted by molar-refractivity contribution is -0.938. The fraction of sp³-hybridized carbons (Fsp3) is 0.611. The number of esters is 1. The van der Waals surface area contributed by atoms with E-state index < -0.39 is 0 Å². The Kier molecular flexibility index (Phi) is 4.03. The van der Waals surface area contributed by atoms with Crippen molar-refractivity contribution in [1.82, 2.24) is 0 Å². The molecule has 2 bridgehead atoms. The van der Waals surface area contributed by atoms with Gasteiger partial charge in [0.1, 0.15) is 12.0 Å². The van der Waals surface area contributed by atoms with Crippen molar-refractivity contribution in [3.8, 4) is 0 Å². The Hall–Kier alpha value is -1.35. The van der Waals surface area contributed by atoms with Crippen molar-refractivity contribution in [1.29, 1.82) is 0 Å². The van der Waals surface area contributed by atoms with E-state index in [0.717, 1.165) is 24.0 Å². The Morgan fingerprint density at radius 3 is 2.81 bits per heavy atom. The number of rotatable bonds is 5. The lowest BCUT2D eigenvalue weighted by Gasteiger charge is -2.39. The van der Waals surface area contributed by atoms with Gasteiger partial charge < -0.3 is 9.22 Å². The molecule has 2 saturated heterocycles. The van der Waals surface area contributed by atoms with Crippen LogP contribution in [0, 0.1) is 11.8 Å². The largest absolute Gasteiger partial charge is 0.465 e. The molecule has 0 aliphatic carbocycles. The first kappa shape index (κ1) is 14.6. The van der Waals surface area contributed by atoms with Gasteiger partial charge in [-0.3, -0.25) is 4.79 Å². The molecular formula is C18H26NO2+. The number of ether oxygens (including phenoxy) is 1. The van der Waals surface area contributed by atoms with Crippen LogP contribution in [0.15, 0.2) is 30.3 Å². The molecule has 2 heterocycles. The molecule has 3 heteroatoms. The Bertz CT molecular complexity index is 501. The summed E-state index contributed by atoms with van der Waals surface area (Å²) in [6.07, 6.45) is 2.08. The normalized spacial score (nSPS) is 32.1. The number of hydrogen-bond acceptors (Lipinski definition) is 2. The Morgan fingerprint density at radius 1 is 1.33 bits per heavy atom. The zero-order valence-electron chi connectivity index (χ0n) is 13.1. The minimum Gasteiger partial charge on any atom is -0.465 e. The number of carbonyl (C=O) groups excluding carboxylic acids is 1. The lowest BCUT2D eigenvalue weighted by atomic mass is 9.92. The minimum atomic E-state index is 0.0433. The van der Waals surface area contributed by atoms with E-state index >= 15 is 0 Å². The van der Waals surface area contributed by atoms with Gasteiger partial charge in [0.15, 0.2) is 0 Å². The van der Waals surface area contributed by atoms with E-state index in [4.69, 9.17) is 4.74 Å². The third kappa shape index (κ3) is 2.59. The molecular weight excluding hydrogens is 262 g/mol. The number of nitrogens with zero attached hydrogens (tertiary/aromatic N) is 1. The van der Waals surface area contributed by atoms with Gasteiger partial charge in [-0.05, 0) is 13.3 Å². The SMILES string of the molecule is CCCOC(=O)[C@@H]1C[N@+]2([C@H](C)c3ccccc3)CC[C@H]1C2. The zero-order valence-corrected chi connectivity index (χ0v) is 13.1. The Labute approximate surface area is 127 Å². The van der Waals surface area contributed by atoms with Gasteiger partial charge in [-0.1, -0.05) is 37.3 Å². The van der Waals surface area contributed by atoms with Crippen molar-refractivity contribution < 1.29 is 14.0 Å². The van der Waals surface area contributed by atoms with E-state index in [9.17, 15) is 4.79 Å². The second kappa shape index (κ2) is 5.80. The summed E-state index contributed by atoms with van der Waals surface area (Å²) in [5, 5.41) is 0. The summed E-state index contributed by atoms with van der Waals surface area (Å²) in [5.74, 6) is 0.693. The number of benzene rings is 1. The van der Waals surface area contributed by atoms with Gasteiger partial charge in [0.25, 0.3) is 0 Å². The maximum Gasteiger partial charge on any atom is 0.315 e. The van der Waals surface area contributed by atoms with Gasteiger partial charge in [-0.25, -0.2) is 0 Å². The van der Waals surface area contributed by atoms with Crippen molar-refractivity contribution in [2.45, 2.75) is 32.7 Å². The summed E-state index contributed by atoms with van der Waals surface area (Å²) in [5.41, 5.74) is 1.39. The van der Waals surface area contributed by atoms with Crippen LogP contribution >= 0.6 is 0 Å². The summed E-state index contributed by atoms with van der Waals surface area (Å²) in [6.45, 7) is 8.24. The number of fused-ring (bicyclic) bond motifs is 2. The molecule has 1 aromatic rings. The van der Waals surface area contributed by atoms with Crippen molar-refractivity contribution >= 4 is 5.97 Å².